The molecule has 0 bridgehead atoms. The zero-order valence-electron chi connectivity index (χ0n) is 15.2. The number of nitrogens with one attached hydrogen (secondary N) is 1. The van der Waals surface area contributed by atoms with E-state index >= 15 is 0 Å². The van der Waals surface area contributed by atoms with Crippen molar-refractivity contribution in [2.24, 2.45) is 0 Å². The second kappa shape index (κ2) is 7.53. The first-order valence-corrected chi connectivity index (χ1v) is 9.00. The summed E-state index contributed by atoms with van der Waals surface area (Å²) in [5.74, 6) is 1.06. The molecule has 0 aliphatic carbocycles. The van der Waals surface area contributed by atoms with E-state index in [1.54, 1.807) is 17.5 Å². The van der Waals surface area contributed by atoms with Crippen LogP contribution in [-0.4, -0.2) is 44.1 Å². The molecule has 6 nitrogen and oxygen atoms in total. The van der Waals surface area contributed by atoms with E-state index in [0.717, 1.165) is 5.56 Å². The molecule has 0 aliphatic rings. The highest BCUT2D eigenvalue weighted by Gasteiger charge is 2.14. The zero-order chi connectivity index (χ0) is 18.7. The predicted molar refractivity (Wildman–Crippen MR) is 108 cm³/mol. The van der Waals surface area contributed by atoms with Gasteiger partial charge in [0.25, 0.3) is 5.91 Å². The summed E-state index contributed by atoms with van der Waals surface area (Å²) in [6.45, 7) is 0. The second-order valence-electron chi connectivity index (χ2n) is 6.20. The van der Waals surface area contributed by atoms with Crippen molar-refractivity contribution in [1.82, 2.24) is 9.97 Å². The van der Waals surface area contributed by atoms with Crippen molar-refractivity contribution < 1.29 is 4.79 Å². The Morgan fingerprint density at radius 1 is 1.04 bits per heavy atom. The Bertz CT molecular complexity index is 889. The fourth-order valence-electron chi connectivity index (χ4n) is 2.43. The van der Waals surface area contributed by atoms with Gasteiger partial charge in [0, 0.05) is 38.6 Å². The van der Waals surface area contributed by atoms with Crippen molar-refractivity contribution in [2.45, 2.75) is 0 Å². The molecular weight excluding hydrogens is 346 g/mol. The summed E-state index contributed by atoms with van der Waals surface area (Å²) in [4.78, 5) is 26.2. The number of anilines is 3. The number of benzene rings is 1. The monoisotopic (exact) mass is 367 g/mol. The summed E-state index contributed by atoms with van der Waals surface area (Å²) in [5.41, 5.74) is 2.27. The number of carbonyl (C=O) groups excluding carboxylic acids is 1. The number of hydrogen-bond donors (Lipinski definition) is 1. The molecule has 3 aromatic rings. The van der Waals surface area contributed by atoms with Gasteiger partial charge in [-0.05, 0) is 29.1 Å². The molecule has 1 N–H and O–H groups in total. The lowest BCUT2D eigenvalue weighted by atomic mass is 10.1. The highest BCUT2D eigenvalue weighted by atomic mass is 32.1. The molecule has 26 heavy (non-hydrogen) atoms. The third-order valence-corrected chi connectivity index (χ3v) is 4.70. The van der Waals surface area contributed by atoms with Crippen molar-refractivity contribution in [3.63, 3.8) is 0 Å². The van der Waals surface area contributed by atoms with E-state index < -0.39 is 0 Å². The van der Waals surface area contributed by atoms with Gasteiger partial charge in [-0.25, -0.2) is 4.98 Å². The van der Waals surface area contributed by atoms with Crippen LogP contribution < -0.4 is 15.1 Å². The fraction of sp³-hybridized carbons (Fsp3) is 0.211. The molecule has 1 aromatic carbocycles. The first-order valence-electron chi connectivity index (χ1n) is 8.12. The fourth-order valence-corrected chi connectivity index (χ4v) is 3.16. The van der Waals surface area contributed by atoms with Crippen LogP contribution in [0.25, 0.3) is 10.4 Å². The van der Waals surface area contributed by atoms with Gasteiger partial charge in [0.15, 0.2) is 5.82 Å². The summed E-state index contributed by atoms with van der Waals surface area (Å²) in [6, 6.07) is 11.6. The summed E-state index contributed by atoms with van der Waals surface area (Å²) in [6.07, 6.45) is 1.63. The van der Waals surface area contributed by atoms with Crippen LogP contribution >= 0.6 is 11.3 Å². The van der Waals surface area contributed by atoms with Gasteiger partial charge in [-0.2, -0.15) is 4.98 Å². The molecule has 2 aromatic heterocycles. The average Bonchev–Trinajstić information content (AvgIpc) is 3.16. The molecule has 0 aliphatic heterocycles. The minimum Gasteiger partial charge on any atom is -0.361 e. The number of nitrogens with zero attached hydrogens (tertiary/aromatic N) is 4. The minimum absolute atomic E-state index is 0.188. The van der Waals surface area contributed by atoms with Crippen LogP contribution in [0.4, 0.5) is 17.5 Å². The molecule has 0 spiro atoms. The SMILES string of the molecule is CN(C)c1ncc(NC(=O)c2ccc(-c3cccs3)cc2)c(N(C)C)n1. The predicted octanol–water partition coefficient (Wildman–Crippen LogP) is 3.59. The molecule has 134 valence electrons. The molecule has 0 fully saturated rings. The number of aromatic nitrogens is 2. The largest absolute Gasteiger partial charge is 0.361 e. The number of rotatable bonds is 5. The topological polar surface area (TPSA) is 61.4 Å². The Kier molecular flexibility index (Phi) is 5.18. The molecule has 3 rings (SSSR count). The molecule has 7 heteroatoms. The van der Waals surface area contributed by atoms with E-state index in [1.165, 1.54) is 4.88 Å². The third kappa shape index (κ3) is 3.83. The van der Waals surface area contributed by atoms with Crippen LogP contribution in [0.15, 0.2) is 48.0 Å². The molecule has 0 unspecified atom stereocenters. The minimum atomic E-state index is -0.188. The Hall–Kier alpha value is -2.93. The zero-order valence-corrected chi connectivity index (χ0v) is 16.0. The summed E-state index contributed by atoms with van der Waals surface area (Å²) < 4.78 is 0. The molecule has 0 saturated heterocycles. The molecule has 0 atom stereocenters. The lowest BCUT2D eigenvalue weighted by Gasteiger charge is -2.19. The van der Waals surface area contributed by atoms with Gasteiger partial charge in [-0.15, -0.1) is 11.3 Å². The van der Waals surface area contributed by atoms with Crippen LogP contribution in [0, 0.1) is 0 Å². The second-order valence-corrected chi connectivity index (χ2v) is 7.15. The number of thiophene rings is 1. The Labute approximate surface area is 157 Å². The maximum absolute atomic E-state index is 12.6. The maximum Gasteiger partial charge on any atom is 0.255 e. The van der Waals surface area contributed by atoms with E-state index in [9.17, 15) is 4.79 Å². The Balaban J connectivity index is 1.81. The molecule has 1 amide bonds. The van der Waals surface area contributed by atoms with Crippen molar-refractivity contribution in [3.8, 4) is 10.4 Å². The number of amides is 1. The van der Waals surface area contributed by atoms with Crippen LogP contribution in [-0.2, 0) is 0 Å². The highest BCUT2D eigenvalue weighted by molar-refractivity contribution is 7.13. The number of carbonyl (C=O) groups is 1. The Morgan fingerprint density at radius 2 is 1.77 bits per heavy atom. The Morgan fingerprint density at radius 3 is 2.35 bits per heavy atom. The van der Waals surface area contributed by atoms with Gasteiger partial charge in [0.05, 0.1) is 6.20 Å². The molecular formula is C19H21N5OS. The van der Waals surface area contributed by atoms with Crippen molar-refractivity contribution >= 4 is 34.7 Å². The van der Waals surface area contributed by atoms with E-state index in [2.05, 4.69) is 21.4 Å². The van der Waals surface area contributed by atoms with E-state index in [-0.39, 0.29) is 5.91 Å². The average molecular weight is 367 g/mol. The summed E-state index contributed by atoms with van der Waals surface area (Å²) in [5, 5.41) is 4.94. The van der Waals surface area contributed by atoms with Gasteiger partial charge in [-0.3, -0.25) is 4.79 Å². The van der Waals surface area contributed by atoms with Crippen LogP contribution in [0.3, 0.4) is 0 Å². The van der Waals surface area contributed by atoms with Crippen molar-refractivity contribution in [3.05, 3.63) is 53.5 Å². The van der Waals surface area contributed by atoms with Gasteiger partial charge in [0.1, 0.15) is 5.69 Å². The summed E-state index contributed by atoms with van der Waals surface area (Å²) >= 11 is 1.68. The van der Waals surface area contributed by atoms with Crippen LogP contribution in [0.5, 0.6) is 0 Å². The maximum atomic E-state index is 12.6. The first kappa shape index (κ1) is 17.9. The smallest absolute Gasteiger partial charge is 0.255 e. The first-order chi connectivity index (χ1) is 12.5. The standard InChI is InChI=1S/C19H21N5OS/c1-23(2)17-15(12-20-19(22-17)24(3)4)21-18(25)14-9-7-13(8-10-14)16-6-5-11-26-16/h5-12H,1-4H3,(H,21,25). The van der Waals surface area contributed by atoms with Crippen molar-refractivity contribution in [2.75, 3.05) is 43.3 Å². The normalized spacial score (nSPS) is 10.5. The van der Waals surface area contributed by atoms with Gasteiger partial charge < -0.3 is 15.1 Å². The van der Waals surface area contributed by atoms with Gasteiger partial charge in [0.2, 0.25) is 5.95 Å². The molecule has 2 heterocycles. The highest BCUT2D eigenvalue weighted by Crippen LogP contribution is 2.26. The number of hydrogen-bond acceptors (Lipinski definition) is 6. The molecule has 0 radical (unpaired) electrons. The van der Waals surface area contributed by atoms with Crippen LogP contribution in [0.1, 0.15) is 10.4 Å². The lowest BCUT2D eigenvalue weighted by Crippen LogP contribution is -2.21. The van der Waals surface area contributed by atoms with Crippen molar-refractivity contribution in [1.29, 1.82) is 0 Å². The summed E-state index contributed by atoms with van der Waals surface area (Å²) in [7, 11) is 7.52. The van der Waals surface area contributed by atoms with E-state index in [1.807, 2.05) is 73.7 Å². The van der Waals surface area contributed by atoms with E-state index in [0.29, 0.717) is 23.0 Å². The van der Waals surface area contributed by atoms with Gasteiger partial charge in [-0.1, -0.05) is 18.2 Å². The quantitative estimate of drug-likeness (QED) is 0.747. The van der Waals surface area contributed by atoms with E-state index in [4.69, 9.17) is 0 Å². The van der Waals surface area contributed by atoms with Gasteiger partial charge >= 0.3 is 0 Å². The van der Waals surface area contributed by atoms with Crippen LogP contribution in [0.2, 0.25) is 0 Å². The third-order valence-electron chi connectivity index (χ3n) is 3.78. The molecule has 0 saturated carbocycles. The lowest BCUT2D eigenvalue weighted by molar-refractivity contribution is 0.102.